The quantitative estimate of drug-likeness (QED) is 0.752. The minimum Gasteiger partial charge on any atom is -0.497 e. The molecule has 1 heterocycles. The first-order valence-electron chi connectivity index (χ1n) is 7.92. The molecule has 0 bridgehead atoms. The van der Waals surface area contributed by atoms with Crippen molar-refractivity contribution in [1.29, 1.82) is 0 Å². The Morgan fingerprint density at radius 1 is 1.20 bits per heavy atom. The van der Waals surface area contributed by atoms with Crippen LogP contribution in [0.25, 0.3) is 0 Å². The molecule has 8 heteroatoms. The van der Waals surface area contributed by atoms with E-state index in [-0.39, 0.29) is 35.7 Å². The maximum absolute atomic E-state index is 12.3. The van der Waals surface area contributed by atoms with E-state index in [9.17, 15) is 14.4 Å². The number of amides is 2. The molecule has 1 aromatic rings. The predicted octanol–water partition coefficient (Wildman–Crippen LogP) is 0.584. The number of hydrogen-bond acceptors (Lipinski definition) is 6. The Morgan fingerprint density at radius 3 is 2.44 bits per heavy atom. The zero-order chi connectivity index (χ0) is 18.4. The molecular formula is C17H22N2O6. The van der Waals surface area contributed by atoms with Crippen LogP contribution in [0.15, 0.2) is 18.2 Å². The molecule has 1 aliphatic heterocycles. The van der Waals surface area contributed by atoms with Gasteiger partial charge < -0.3 is 24.8 Å². The fourth-order valence-electron chi connectivity index (χ4n) is 2.72. The normalized spacial score (nSPS) is 14.7. The summed E-state index contributed by atoms with van der Waals surface area (Å²) in [5.41, 5.74) is 5.48. The second-order valence-corrected chi connectivity index (χ2v) is 5.69. The molecule has 2 amide bonds. The molecule has 0 spiro atoms. The zero-order valence-electron chi connectivity index (χ0n) is 14.3. The van der Waals surface area contributed by atoms with Crippen LogP contribution in [0.3, 0.4) is 0 Å². The lowest BCUT2D eigenvalue weighted by Gasteiger charge is -2.30. The van der Waals surface area contributed by atoms with Crippen molar-refractivity contribution in [2.75, 3.05) is 33.9 Å². The molecule has 0 aromatic heterocycles. The lowest BCUT2D eigenvalue weighted by molar-refractivity contribution is -0.149. The van der Waals surface area contributed by atoms with Crippen molar-refractivity contribution in [3.8, 4) is 11.5 Å². The summed E-state index contributed by atoms with van der Waals surface area (Å²) in [7, 11) is 2.83. The number of rotatable bonds is 6. The highest BCUT2D eigenvalue weighted by atomic mass is 16.5. The number of hydrogen-bond donors (Lipinski definition) is 1. The molecule has 0 saturated carbocycles. The van der Waals surface area contributed by atoms with Gasteiger partial charge in [0, 0.05) is 13.1 Å². The van der Waals surface area contributed by atoms with Crippen LogP contribution >= 0.6 is 0 Å². The van der Waals surface area contributed by atoms with E-state index in [0.29, 0.717) is 31.7 Å². The van der Waals surface area contributed by atoms with Gasteiger partial charge in [-0.05, 0) is 31.0 Å². The van der Waals surface area contributed by atoms with Crippen molar-refractivity contribution in [3.05, 3.63) is 23.8 Å². The molecule has 1 saturated heterocycles. The van der Waals surface area contributed by atoms with Gasteiger partial charge in [0.05, 0.1) is 25.7 Å². The number of ether oxygens (including phenoxy) is 3. The third kappa shape index (κ3) is 4.62. The third-order valence-electron chi connectivity index (χ3n) is 4.19. The first-order valence-corrected chi connectivity index (χ1v) is 7.92. The van der Waals surface area contributed by atoms with Gasteiger partial charge in [-0.3, -0.25) is 14.4 Å². The number of piperidine rings is 1. The number of esters is 1. The largest absolute Gasteiger partial charge is 0.497 e. The lowest BCUT2D eigenvalue weighted by Crippen LogP contribution is -2.42. The molecule has 1 fully saturated rings. The highest BCUT2D eigenvalue weighted by molar-refractivity contribution is 5.96. The number of methoxy groups -OCH3 is 2. The van der Waals surface area contributed by atoms with E-state index in [4.69, 9.17) is 19.9 Å². The Hall–Kier alpha value is -2.77. The van der Waals surface area contributed by atoms with Crippen LogP contribution in [0.1, 0.15) is 23.2 Å². The van der Waals surface area contributed by atoms with Crippen LogP contribution in [-0.4, -0.2) is 56.6 Å². The van der Waals surface area contributed by atoms with Gasteiger partial charge in [0.15, 0.2) is 6.61 Å². The van der Waals surface area contributed by atoms with E-state index in [2.05, 4.69) is 0 Å². The molecule has 25 heavy (non-hydrogen) atoms. The molecule has 8 nitrogen and oxygen atoms in total. The molecule has 0 atom stereocenters. The van der Waals surface area contributed by atoms with Gasteiger partial charge in [-0.15, -0.1) is 0 Å². The summed E-state index contributed by atoms with van der Waals surface area (Å²) in [4.78, 5) is 36.9. The number of nitrogens with two attached hydrogens (primary N) is 1. The number of carbonyl (C=O) groups is 3. The van der Waals surface area contributed by atoms with Gasteiger partial charge in [-0.2, -0.15) is 0 Å². The summed E-state index contributed by atoms with van der Waals surface area (Å²) in [6.07, 6.45) is 1.13. The topological polar surface area (TPSA) is 108 Å². The molecule has 2 N–H and O–H groups in total. The molecule has 0 unspecified atom stereocenters. The average molecular weight is 350 g/mol. The predicted molar refractivity (Wildman–Crippen MR) is 88.3 cm³/mol. The van der Waals surface area contributed by atoms with E-state index >= 15 is 0 Å². The van der Waals surface area contributed by atoms with E-state index in [0.717, 1.165) is 0 Å². The van der Waals surface area contributed by atoms with E-state index in [1.807, 2.05) is 0 Å². The first kappa shape index (κ1) is 18.6. The van der Waals surface area contributed by atoms with Gasteiger partial charge in [-0.25, -0.2) is 0 Å². The average Bonchev–Trinajstić information content (AvgIpc) is 2.65. The monoisotopic (exact) mass is 350 g/mol. The number of carbonyl (C=O) groups excluding carboxylic acids is 3. The van der Waals surface area contributed by atoms with Crippen molar-refractivity contribution >= 4 is 17.8 Å². The Bertz CT molecular complexity index is 653. The molecule has 1 aliphatic rings. The molecule has 2 rings (SSSR count). The fourth-order valence-corrected chi connectivity index (χ4v) is 2.72. The molecule has 1 aromatic carbocycles. The second-order valence-electron chi connectivity index (χ2n) is 5.69. The van der Waals surface area contributed by atoms with Gasteiger partial charge in [0.25, 0.3) is 11.8 Å². The first-order chi connectivity index (χ1) is 12.0. The zero-order valence-corrected chi connectivity index (χ0v) is 14.3. The fraction of sp³-hybridized carbons (Fsp3) is 0.471. The summed E-state index contributed by atoms with van der Waals surface area (Å²) in [6, 6.07) is 4.62. The van der Waals surface area contributed by atoms with Crippen LogP contribution in [-0.2, 0) is 14.3 Å². The number of benzene rings is 1. The number of nitrogens with zero attached hydrogens (tertiary/aromatic N) is 1. The summed E-state index contributed by atoms with van der Waals surface area (Å²) >= 11 is 0. The maximum Gasteiger partial charge on any atom is 0.308 e. The lowest BCUT2D eigenvalue weighted by atomic mass is 9.97. The Kier molecular flexibility index (Phi) is 6.21. The van der Waals surface area contributed by atoms with Crippen molar-refractivity contribution < 1.29 is 28.6 Å². The molecular weight excluding hydrogens is 328 g/mol. The summed E-state index contributed by atoms with van der Waals surface area (Å²) in [6.45, 7) is 0.718. The Morgan fingerprint density at radius 2 is 1.88 bits per heavy atom. The summed E-state index contributed by atoms with van der Waals surface area (Å²) in [5, 5.41) is 0. The second kappa shape index (κ2) is 8.36. The number of primary amides is 1. The van der Waals surface area contributed by atoms with Gasteiger partial charge in [-0.1, -0.05) is 0 Å². The van der Waals surface area contributed by atoms with Gasteiger partial charge >= 0.3 is 5.97 Å². The SMILES string of the molecule is COC(=O)C1CCN(C(=O)COc2ccc(OC)cc2C(N)=O)CC1. The number of likely N-dealkylation sites (tertiary alicyclic amines) is 1. The minimum atomic E-state index is -0.666. The van der Waals surface area contributed by atoms with Crippen molar-refractivity contribution in [3.63, 3.8) is 0 Å². The molecule has 0 aliphatic carbocycles. The standard InChI is InChI=1S/C17H22N2O6/c1-23-12-3-4-14(13(9-12)16(18)21)25-10-15(20)19-7-5-11(6-8-19)17(22)24-2/h3-4,9,11H,5-8,10H2,1-2H3,(H2,18,21). The van der Waals surface area contributed by atoms with E-state index < -0.39 is 5.91 Å². The van der Waals surface area contributed by atoms with E-state index in [1.165, 1.54) is 26.4 Å². The third-order valence-corrected chi connectivity index (χ3v) is 4.19. The highest BCUT2D eigenvalue weighted by Crippen LogP contribution is 2.24. The van der Waals surface area contributed by atoms with Crippen molar-refractivity contribution in [1.82, 2.24) is 4.90 Å². The van der Waals surface area contributed by atoms with Crippen LogP contribution in [0.2, 0.25) is 0 Å². The van der Waals surface area contributed by atoms with Gasteiger partial charge in [0.2, 0.25) is 0 Å². The Balaban J connectivity index is 1.92. The smallest absolute Gasteiger partial charge is 0.308 e. The summed E-state index contributed by atoms with van der Waals surface area (Å²) < 4.78 is 15.2. The van der Waals surface area contributed by atoms with Crippen LogP contribution < -0.4 is 15.2 Å². The van der Waals surface area contributed by atoms with Crippen LogP contribution in [0.4, 0.5) is 0 Å². The highest BCUT2D eigenvalue weighted by Gasteiger charge is 2.28. The van der Waals surface area contributed by atoms with Gasteiger partial charge in [0.1, 0.15) is 11.5 Å². The maximum atomic E-state index is 12.3. The van der Waals surface area contributed by atoms with E-state index in [1.54, 1.807) is 11.0 Å². The minimum absolute atomic E-state index is 0.150. The molecule has 136 valence electrons. The molecule has 0 radical (unpaired) electrons. The summed E-state index contributed by atoms with van der Waals surface area (Å²) in [5.74, 6) is -0.594. The van der Waals surface area contributed by atoms with Crippen LogP contribution in [0.5, 0.6) is 11.5 Å². The van der Waals surface area contributed by atoms with Crippen molar-refractivity contribution in [2.45, 2.75) is 12.8 Å². The Labute approximate surface area is 145 Å². The van der Waals surface area contributed by atoms with Crippen LogP contribution in [0, 0.1) is 5.92 Å². The van der Waals surface area contributed by atoms with Crippen molar-refractivity contribution in [2.24, 2.45) is 11.7 Å².